The van der Waals surface area contributed by atoms with Crippen LogP contribution in [-0.4, -0.2) is 26.6 Å². The zero-order valence-corrected chi connectivity index (χ0v) is 10.7. The molecule has 1 aromatic carbocycles. The van der Waals surface area contributed by atoms with Crippen LogP contribution in [0.15, 0.2) is 24.3 Å². The van der Waals surface area contributed by atoms with E-state index in [0.29, 0.717) is 18.7 Å². The first-order chi connectivity index (χ1) is 8.37. The number of hydrogen-bond acceptors (Lipinski definition) is 4. The Hall–Kier alpha value is -1.60. The molecule has 5 N–H and O–H groups in total. The predicted molar refractivity (Wildman–Crippen MR) is 70.2 cm³/mol. The molecular formula is C11H17N3O3S. The van der Waals surface area contributed by atoms with Gasteiger partial charge in [0.05, 0.1) is 12.2 Å². The van der Waals surface area contributed by atoms with E-state index in [9.17, 15) is 13.2 Å². The van der Waals surface area contributed by atoms with E-state index in [0.717, 1.165) is 5.56 Å². The fourth-order valence-electron chi connectivity index (χ4n) is 1.38. The van der Waals surface area contributed by atoms with Gasteiger partial charge in [-0.2, -0.15) is 0 Å². The number of primary sulfonamides is 1. The Morgan fingerprint density at radius 2 is 1.83 bits per heavy atom. The lowest BCUT2D eigenvalue weighted by Gasteiger charge is -2.05. The van der Waals surface area contributed by atoms with Crippen LogP contribution in [0.25, 0.3) is 0 Å². The predicted octanol–water partition coefficient (Wildman–Crippen LogP) is -0.394. The van der Waals surface area contributed by atoms with E-state index in [4.69, 9.17) is 10.9 Å². The molecule has 18 heavy (non-hydrogen) atoms. The molecular weight excluding hydrogens is 254 g/mol. The Morgan fingerprint density at radius 1 is 1.22 bits per heavy atom. The minimum Gasteiger partial charge on any atom is -0.399 e. The Kier molecular flexibility index (Phi) is 5.11. The van der Waals surface area contributed by atoms with E-state index in [1.54, 1.807) is 24.3 Å². The van der Waals surface area contributed by atoms with Crippen molar-refractivity contribution in [2.75, 3.05) is 18.0 Å². The molecule has 0 heterocycles. The molecule has 0 unspecified atom stereocenters. The number of benzene rings is 1. The van der Waals surface area contributed by atoms with Crippen LogP contribution >= 0.6 is 0 Å². The third-order valence-electron chi connectivity index (χ3n) is 2.27. The van der Waals surface area contributed by atoms with Crippen LogP contribution in [-0.2, 0) is 21.2 Å². The summed E-state index contributed by atoms with van der Waals surface area (Å²) in [5.74, 6) is -0.288. The van der Waals surface area contributed by atoms with Crippen molar-refractivity contribution in [2.24, 2.45) is 5.14 Å². The molecule has 0 aliphatic heterocycles. The van der Waals surface area contributed by atoms with Crippen LogP contribution in [0, 0.1) is 0 Å². The average molecular weight is 271 g/mol. The highest BCUT2D eigenvalue weighted by atomic mass is 32.2. The van der Waals surface area contributed by atoms with Crippen LogP contribution in [0.3, 0.4) is 0 Å². The van der Waals surface area contributed by atoms with Crippen LogP contribution in [0.1, 0.15) is 12.0 Å². The number of amides is 1. The largest absolute Gasteiger partial charge is 0.399 e. The van der Waals surface area contributed by atoms with E-state index in [-0.39, 0.29) is 18.1 Å². The highest BCUT2D eigenvalue weighted by Crippen LogP contribution is 2.05. The highest BCUT2D eigenvalue weighted by Gasteiger charge is 2.05. The second kappa shape index (κ2) is 6.36. The first-order valence-electron chi connectivity index (χ1n) is 5.48. The summed E-state index contributed by atoms with van der Waals surface area (Å²) in [6.45, 7) is 0.296. The Morgan fingerprint density at radius 3 is 2.39 bits per heavy atom. The molecule has 0 aliphatic carbocycles. The van der Waals surface area contributed by atoms with Crippen molar-refractivity contribution in [3.05, 3.63) is 29.8 Å². The number of sulfonamides is 1. The second-order valence-electron chi connectivity index (χ2n) is 3.99. The number of nitrogen functional groups attached to an aromatic ring is 1. The van der Waals surface area contributed by atoms with Gasteiger partial charge in [0.2, 0.25) is 15.9 Å². The summed E-state index contributed by atoms with van der Waals surface area (Å²) < 4.78 is 21.3. The van der Waals surface area contributed by atoms with E-state index in [2.05, 4.69) is 5.32 Å². The first-order valence-corrected chi connectivity index (χ1v) is 7.20. The van der Waals surface area contributed by atoms with Crippen LogP contribution in [0.5, 0.6) is 0 Å². The Bertz CT molecular complexity index is 497. The molecule has 0 aromatic heterocycles. The third-order valence-corrected chi connectivity index (χ3v) is 3.13. The molecule has 0 spiro atoms. The lowest BCUT2D eigenvalue weighted by atomic mass is 10.1. The van der Waals surface area contributed by atoms with Gasteiger partial charge in [-0.3, -0.25) is 4.79 Å². The summed E-state index contributed by atoms with van der Waals surface area (Å²) >= 11 is 0. The fraction of sp³-hybridized carbons (Fsp3) is 0.364. The molecule has 100 valence electrons. The van der Waals surface area contributed by atoms with Crippen LogP contribution in [0.2, 0.25) is 0 Å². The number of carbonyl (C=O) groups is 1. The summed E-state index contributed by atoms with van der Waals surface area (Å²) in [6, 6.07) is 7.01. The van der Waals surface area contributed by atoms with Gasteiger partial charge in [-0.25, -0.2) is 13.6 Å². The van der Waals surface area contributed by atoms with Gasteiger partial charge < -0.3 is 11.1 Å². The number of carbonyl (C=O) groups excluding carboxylic acids is 1. The van der Waals surface area contributed by atoms with Gasteiger partial charge in [0, 0.05) is 12.2 Å². The van der Waals surface area contributed by atoms with Gasteiger partial charge >= 0.3 is 0 Å². The third kappa shape index (κ3) is 6.21. The van der Waals surface area contributed by atoms with Crippen molar-refractivity contribution in [3.63, 3.8) is 0 Å². The summed E-state index contributed by atoms with van der Waals surface area (Å²) in [7, 11) is -3.45. The maximum Gasteiger partial charge on any atom is 0.224 e. The molecule has 6 nitrogen and oxygen atoms in total. The van der Waals surface area contributed by atoms with E-state index in [1.807, 2.05) is 0 Å². The number of anilines is 1. The summed E-state index contributed by atoms with van der Waals surface area (Å²) in [5, 5.41) is 7.47. The number of hydrogen-bond donors (Lipinski definition) is 3. The smallest absolute Gasteiger partial charge is 0.224 e. The maximum absolute atomic E-state index is 11.5. The monoisotopic (exact) mass is 271 g/mol. The van der Waals surface area contributed by atoms with E-state index >= 15 is 0 Å². The van der Waals surface area contributed by atoms with Crippen molar-refractivity contribution >= 4 is 21.6 Å². The van der Waals surface area contributed by atoms with Crippen molar-refractivity contribution in [2.45, 2.75) is 12.8 Å². The van der Waals surface area contributed by atoms with Crippen molar-refractivity contribution < 1.29 is 13.2 Å². The summed E-state index contributed by atoms with van der Waals surface area (Å²) in [4.78, 5) is 11.5. The molecule has 7 heteroatoms. The topological polar surface area (TPSA) is 115 Å². The maximum atomic E-state index is 11.5. The highest BCUT2D eigenvalue weighted by molar-refractivity contribution is 7.89. The lowest BCUT2D eigenvalue weighted by molar-refractivity contribution is -0.120. The fourth-order valence-corrected chi connectivity index (χ4v) is 1.93. The molecule has 0 fully saturated rings. The van der Waals surface area contributed by atoms with Gasteiger partial charge in [-0.05, 0) is 24.1 Å². The molecule has 0 atom stereocenters. The molecule has 1 rings (SSSR count). The number of nitrogens with one attached hydrogen (secondary N) is 1. The second-order valence-corrected chi connectivity index (χ2v) is 5.72. The molecule has 0 saturated carbocycles. The van der Waals surface area contributed by atoms with E-state index in [1.165, 1.54) is 0 Å². The number of nitrogens with two attached hydrogens (primary N) is 2. The van der Waals surface area contributed by atoms with Gasteiger partial charge in [0.25, 0.3) is 0 Å². The minimum atomic E-state index is -3.45. The first kappa shape index (κ1) is 14.5. The SMILES string of the molecule is Nc1ccc(CC(=O)NCCCS(N)(=O)=O)cc1. The molecule has 0 radical (unpaired) electrons. The van der Waals surface area contributed by atoms with Gasteiger partial charge in [-0.15, -0.1) is 0 Å². The zero-order chi connectivity index (χ0) is 13.6. The van der Waals surface area contributed by atoms with Crippen LogP contribution < -0.4 is 16.2 Å². The van der Waals surface area contributed by atoms with Gasteiger partial charge in [-0.1, -0.05) is 12.1 Å². The zero-order valence-electron chi connectivity index (χ0n) is 9.93. The van der Waals surface area contributed by atoms with Crippen LogP contribution in [0.4, 0.5) is 5.69 Å². The molecule has 1 aromatic rings. The normalized spacial score (nSPS) is 11.2. The molecule has 0 saturated heterocycles. The van der Waals surface area contributed by atoms with Crippen molar-refractivity contribution in [3.8, 4) is 0 Å². The standard InChI is InChI=1S/C11H17N3O3S/c12-10-4-2-9(3-5-10)8-11(15)14-6-1-7-18(13,16)17/h2-5H,1,6-8,12H2,(H,14,15)(H2,13,16,17). The molecule has 0 aliphatic rings. The van der Waals surface area contributed by atoms with Crippen molar-refractivity contribution in [1.29, 1.82) is 0 Å². The van der Waals surface area contributed by atoms with Gasteiger partial charge in [0.1, 0.15) is 0 Å². The lowest BCUT2D eigenvalue weighted by Crippen LogP contribution is -2.28. The summed E-state index contributed by atoms with van der Waals surface area (Å²) in [6.07, 6.45) is 0.558. The minimum absolute atomic E-state index is 0.130. The summed E-state index contributed by atoms with van der Waals surface area (Å²) in [5.41, 5.74) is 7.03. The Balaban J connectivity index is 2.28. The van der Waals surface area contributed by atoms with Gasteiger partial charge in [0.15, 0.2) is 0 Å². The van der Waals surface area contributed by atoms with E-state index < -0.39 is 10.0 Å². The molecule has 1 amide bonds. The average Bonchev–Trinajstić information content (AvgIpc) is 2.26. The number of rotatable bonds is 6. The quantitative estimate of drug-likeness (QED) is 0.482. The van der Waals surface area contributed by atoms with Crippen molar-refractivity contribution in [1.82, 2.24) is 5.32 Å². The molecule has 0 bridgehead atoms. The Labute approximate surface area is 106 Å².